The van der Waals surface area contributed by atoms with E-state index in [2.05, 4.69) is 0 Å². The van der Waals surface area contributed by atoms with Crippen LogP contribution >= 0.6 is 0 Å². The fourth-order valence-electron chi connectivity index (χ4n) is 2.12. The van der Waals surface area contributed by atoms with E-state index in [1.54, 1.807) is 4.89 Å². The van der Waals surface area contributed by atoms with Gasteiger partial charge in [-0.15, -0.1) is 0 Å². The van der Waals surface area contributed by atoms with E-state index in [9.17, 15) is 21.6 Å². The van der Waals surface area contributed by atoms with Crippen molar-refractivity contribution in [1.29, 1.82) is 0 Å². The smallest absolute Gasteiger partial charge is 0.284 e. The minimum Gasteiger partial charge on any atom is -0.284 e. The van der Waals surface area contributed by atoms with Crippen LogP contribution in [0.4, 0.5) is 13.2 Å². The molecule has 112 valence electrons. The maximum Gasteiger partial charge on any atom is 0.417 e. The molecule has 1 aromatic carbocycles. The van der Waals surface area contributed by atoms with Crippen molar-refractivity contribution in [2.24, 2.45) is 0 Å². The van der Waals surface area contributed by atoms with E-state index in [4.69, 9.17) is 4.84 Å². The third-order valence-corrected chi connectivity index (χ3v) is 4.36. The average molecular weight is 309 g/mol. The Kier molecular flexibility index (Phi) is 4.36. The summed E-state index contributed by atoms with van der Waals surface area (Å²) >= 11 is 0. The zero-order chi connectivity index (χ0) is 14.8. The maximum atomic E-state index is 12.8. The van der Waals surface area contributed by atoms with Crippen LogP contribution in [0, 0.1) is 0 Å². The maximum absolute atomic E-state index is 12.8. The molecule has 8 heteroatoms. The van der Waals surface area contributed by atoms with Crippen LogP contribution < -0.4 is 4.89 Å². The summed E-state index contributed by atoms with van der Waals surface area (Å²) in [6.45, 7) is 0. The molecule has 0 saturated heterocycles. The molecule has 2 rings (SSSR count). The fraction of sp³-hybridized carbons (Fsp3) is 0.500. The van der Waals surface area contributed by atoms with Crippen molar-refractivity contribution in [3.05, 3.63) is 29.8 Å². The van der Waals surface area contributed by atoms with E-state index in [1.807, 2.05) is 0 Å². The number of halogens is 3. The number of sulfonamides is 1. The summed E-state index contributed by atoms with van der Waals surface area (Å²) in [6, 6.07) is 4.01. The van der Waals surface area contributed by atoms with Crippen molar-refractivity contribution in [2.45, 2.75) is 42.9 Å². The Morgan fingerprint density at radius 2 is 1.75 bits per heavy atom. The molecule has 1 aliphatic carbocycles. The molecule has 0 radical (unpaired) electrons. The molecule has 0 bridgehead atoms. The van der Waals surface area contributed by atoms with Gasteiger partial charge in [-0.25, -0.2) is 8.42 Å². The third kappa shape index (κ3) is 3.50. The van der Waals surface area contributed by atoms with Gasteiger partial charge in [-0.1, -0.05) is 29.9 Å². The van der Waals surface area contributed by atoms with Crippen molar-refractivity contribution in [3.63, 3.8) is 0 Å². The van der Waals surface area contributed by atoms with E-state index in [-0.39, 0.29) is 6.10 Å². The monoisotopic (exact) mass is 309 g/mol. The number of nitrogens with one attached hydrogen (secondary N) is 1. The lowest BCUT2D eigenvalue weighted by molar-refractivity contribution is -0.139. The van der Waals surface area contributed by atoms with Crippen LogP contribution in [0.15, 0.2) is 29.2 Å². The molecule has 0 aromatic heterocycles. The number of hydrogen-bond acceptors (Lipinski definition) is 3. The van der Waals surface area contributed by atoms with Gasteiger partial charge in [-0.05, 0) is 25.0 Å². The van der Waals surface area contributed by atoms with Crippen molar-refractivity contribution in [2.75, 3.05) is 0 Å². The van der Waals surface area contributed by atoms with Gasteiger partial charge in [0.2, 0.25) is 0 Å². The second kappa shape index (κ2) is 5.71. The Morgan fingerprint density at radius 3 is 2.35 bits per heavy atom. The Bertz CT molecular complexity index is 566. The predicted molar refractivity (Wildman–Crippen MR) is 65.1 cm³/mol. The number of rotatable bonds is 4. The van der Waals surface area contributed by atoms with E-state index in [0.717, 1.165) is 31.0 Å². The molecule has 4 nitrogen and oxygen atoms in total. The van der Waals surface area contributed by atoms with Crippen LogP contribution in [0.2, 0.25) is 0 Å². The Hall–Kier alpha value is -1.12. The lowest BCUT2D eigenvalue weighted by Gasteiger charge is -2.15. The highest BCUT2D eigenvalue weighted by atomic mass is 32.2. The summed E-state index contributed by atoms with van der Waals surface area (Å²) in [4.78, 5) is 5.96. The third-order valence-electron chi connectivity index (χ3n) is 3.11. The standard InChI is InChI=1S/C12H14F3NO3S/c13-12(14,15)10-7-3-4-8-11(10)20(17,18)16-19-9-5-1-2-6-9/h3-4,7-9,16H,1-2,5-6H2. The number of hydrogen-bond donors (Lipinski definition) is 1. The van der Waals surface area contributed by atoms with Crippen LogP contribution in [-0.4, -0.2) is 14.5 Å². The van der Waals surface area contributed by atoms with Crippen molar-refractivity contribution in [1.82, 2.24) is 4.89 Å². The van der Waals surface area contributed by atoms with Crippen LogP contribution in [0.3, 0.4) is 0 Å². The number of alkyl halides is 3. The van der Waals surface area contributed by atoms with Gasteiger partial charge in [0.15, 0.2) is 0 Å². The largest absolute Gasteiger partial charge is 0.417 e. The topological polar surface area (TPSA) is 55.4 Å². The molecule has 1 saturated carbocycles. The summed E-state index contributed by atoms with van der Waals surface area (Å²) in [5.74, 6) is 0. The lowest BCUT2D eigenvalue weighted by Crippen LogP contribution is -2.30. The fourth-order valence-corrected chi connectivity index (χ4v) is 3.20. The normalized spacial score (nSPS) is 17.6. The summed E-state index contributed by atoms with van der Waals surface area (Å²) < 4.78 is 62.2. The first-order valence-corrected chi connectivity index (χ1v) is 7.63. The first kappa shape index (κ1) is 15.3. The molecular weight excluding hydrogens is 295 g/mol. The molecule has 0 spiro atoms. The quantitative estimate of drug-likeness (QED) is 0.870. The first-order chi connectivity index (χ1) is 9.31. The van der Waals surface area contributed by atoms with E-state index in [0.29, 0.717) is 12.8 Å². The molecule has 20 heavy (non-hydrogen) atoms. The van der Waals surface area contributed by atoms with Crippen LogP contribution in [-0.2, 0) is 21.0 Å². The Morgan fingerprint density at radius 1 is 1.15 bits per heavy atom. The minimum atomic E-state index is -4.74. The number of benzene rings is 1. The van der Waals surface area contributed by atoms with Gasteiger partial charge >= 0.3 is 6.18 Å². The molecule has 1 fully saturated rings. The van der Waals surface area contributed by atoms with Gasteiger partial charge in [0.05, 0.1) is 16.6 Å². The van der Waals surface area contributed by atoms with Crippen molar-refractivity contribution < 1.29 is 26.4 Å². The summed E-state index contributed by atoms with van der Waals surface area (Å²) in [5, 5.41) is 0. The molecule has 0 heterocycles. The molecule has 1 aliphatic rings. The Labute approximate surface area is 114 Å². The second-order valence-electron chi connectivity index (χ2n) is 4.61. The average Bonchev–Trinajstić information content (AvgIpc) is 2.89. The highest BCUT2D eigenvalue weighted by Gasteiger charge is 2.37. The lowest BCUT2D eigenvalue weighted by atomic mass is 10.2. The zero-order valence-electron chi connectivity index (χ0n) is 10.5. The molecule has 0 amide bonds. The first-order valence-electron chi connectivity index (χ1n) is 6.14. The minimum absolute atomic E-state index is 0.275. The second-order valence-corrected chi connectivity index (χ2v) is 6.22. The van der Waals surface area contributed by atoms with Gasteiger partial charge in [0, 0.05) is 0 Å². The molecule has 0 aliphatic heterocycles. The van der Waals surface area contributed by atoms with Crippen LogP contribution in [0.5, 0.6) is 0 Å². The predicted octanol–water partition coefficient (Wildman–Crippen LogP) is 2.86. The van der Waals surface area contributed by atoms with Crippen molar-refractivity contribution in [3.8, 4) is 0 Å². The van der Waals surface area contributed by atoms with Crippen molar-refractivity contribution >= 4 is 10.0 Å². The summed E-state index contributed by atoms with van der Waals surface area (Å²) in [6.07, 6.45) is -1.77. The van der Waals surface area contributed by atoms with E-state index in [1.165, 1.54) is 6.07 Å². The van der Waals surface area contributed by atoms with Gasteiger partial charge in [0.25, 0.3) is 10.0 Å². The molecule has 1 N–H and O–H groups in total. The van der Waals surface area contributed by atoms with E-state index < -0.39 is 26.7 Å². The molecule has 1 aromatic rings. The molecular formula is C12H14F3NO3S. The highest BCUT2D eigenvalue weighted by Crippen LogP contribution is 2.34. The van der Waals surface area contributed by atoms with Gasteiger partial charge < -0.3 is 0 Å². The van der Waals surface area contributed by atoms with Gasteiger partial charge in [0.1, 0.15) is 0 Å². The molecule has 0 unspecified atom stereocenters. The van der Waals surface area contributed by atoms with Gasteiger partial charge in [-0.2, -0.15) is 13.2 Å². The summed E-state index contributed by atoms with van der Waals surface area (Å²) in [7, 11) is -4.35. The zero-order valence-corrected chi connectivity index (χ0v) is 11.3. The van der Waals surface area contributed by atoms with E-state index >= 15 is 0 Å². The SMILES string of the molecule is O=S(=O)(NOC1CCCC1)c1ccccc1C(F)(F)F. The summed E-state index contributed by atoms with van der Waals surface area (Å²) in [5.41, 5.74) is -1.21. The Balaban J connectivity index is 2.20. The van der Waals surface area contributed by atoms with Crippen LogP contribution in [0.1, 0.15) is 31.2 Å². The van der Waals surface area contributed by atoms with Gasteiger partial charge in [-0.3, -0.25) is 4.84 Å². The molecule has 0 atom stereocenters. The van der Waals surface area contributed by atoms with Crippen LogP contribution in [0.25, 0.3) is 0 Å². The highest BCUT2D eigenvalue weighted by molar-refractivity contribution is 7.89.